The third-order valence-electron chi connectivity index (χ3n) is 2.01. The molecule has 0 aliphatic heterocycles. The first-order valence-electron chi connectivity index (χ1n) is 5.08. The molecule has 1 atom stereocenters. The zero-order valence-corrected chi connectivity index (χ0v) is 9.71. The van der Waals surface area contributed by atoms with Crippen LogP contribution in [0.15, 0.2) is 30.3 Å². The molecule has 1 aromatic carbocycles. The van der Waals surface area contributed by atoms with Gasteiger partial charge in [0, 0.05) is 11.6 Å². The highest BCUT2D eigenvalue weighted by Gasteiger charge is 2.04. The number of nitriles is 1. The van der Waals surface area contributed by atoms with E-state index in [0.29, 0.717) is 5.75 Å². The number of carbonyl (C=O) groups excluding carboxylic acids is 1. The molecule has 0 bridgehead atoms. The van der Waals surface area contributed by atoms with Gasteiger partial charge in [-0.1, -0.05) is 18.2 Å². The number of hydrogen-bond acceptors (Lipinski definition) is 4. The number of para-hydroxylation sites is 1. The molecule has 4 nitrogen and oxygen atoms in total. The van der Waals surface area contributed by atoms with Crippen LogP contribution in [0.25, 0.3) is 6.08 Å². The third kappa shape index (κ3) is 3.99. The maximum absolute atomic E-state index is 11.3. The van der Waals surface area contributed by atoms with Gasteiger partial charge >= 0.3 is 5.97 Å². The second-order valence-electron chi connectivity index (χ2n) is 3.28. The number of hydrogen-bond donors (Lipinski definition) is 0. The number of methoxy groups -OCH3 is 1. The number of benzene rings is 1. The van der Waals surface area contributed by atoms with Gasteiger partial charge in [0.05, 0.1) is 7.11 Å². The Kier molecular flexibility index (Phi) is 4.77. The maximum atomic E-state index is 11.3. The molecular formula is C13H13NO3. The minimum atomic E-state index is -0.746. The number of ether oxygens (including phenoxy) is 2. The second-order valence-corrected chi connectivity index (χ2v) is 3.28. The Labute approximate surface area is 100 Å². The minimum absolute atomic E-state index is 0.551. The summed E-state index contributed by atoms with van der Waals surface area (Å²) in [7, 11) is 1.56. The van der Waals surface area contributed by atoms with Crippen molar-refractivity contribution in [1.29, 1.82) is 5.26 Å². The summed E-state index contributed by atoms with van der Waals surface area (Å²) in [5.74, 6) is 0.120. The summed E-state index contributed by atoms with van der Waals surface area (Å²) in [5, 5.41) is 8.48. The van der Waals surface area contributed by atoms with E-state index in [1.807, 2.05) is 24.3 Å². The molecular weight excluding hydrogens is 218 g/mol. The fourth-order valence-corrected chi connectivity index (χ4v) is 1.20. The topological polar surface area (TPSA) is 59.3 Å². The van der Waals surface area contributed by atoms with E-state index in [0.717, 1.165) is 5.56 Å². The summed E-state index contributed by atoms with van der Waals surface area (Å²) in [6.45, 7) is 1.51. The van der Waals surface area contributed by atoms with E-state index in [1.54, 1.807) is 19.3 Å². The SMILES string of the molecule is COc1ccccc1/C=C/C(=O)O[C@@H](C)C#N. The van der Waals surface area contributed by atoms with Crippen molar-refractivity contribution in [2.24, 2.45) is 0 Å². The Bertz CT molecular complexity index is 460. The summed E-state index contributed by atoms with van der Waals surface area (Å²) in [6, 6.07) is 9.10. The minimum Gasteiger partial charge on any atom is -0.496 e. The molecule has 0 saturated carbocycles. The molecule has 88 valence electrons. The molecule has 0 fully saturated rings. The van der Waals surface area contributed by atoms with Crippen LogP contribution in [0.4, 0.5) is 0 Å². The first-order valence-corrected chi connectivity index (χ1v) is 5.08. The van der Waals surface area contributed by atoms with Gasteiger partial charge in [-0.3, -0.25) is 0 Å². The summed E-state index contributed by atoms with van der Waals surface area (Å²) >= 11 is 0. The molecule has 1 aromatic rings. The molecule has 0 saturated heterocycles. The van der Waals surface area contributed by atoms with Gasteiger partial charge in [0.1, 0.15) is 11.8 Å². The standard InChI is InChI=1S/C13H13NO3/c1-10(9-14)17-13(15)8-7-11-5-3-4-6-12(11)16-2/h3-8,10H,1-2H3/b8-7+/t10-/m0/s1. The highest BCUT2D eigenvalue weighted by molar-refractivity contribution is 5.87. The summed E-state index contributed by atoms with van der Waals surface area (Å²) in [4.78, 5) is 11.3. The molecule has 1 rings (SSSR count). The lowest BCUT2D eigenvalue weighted by Crippen LogP contribution is -2.10. The highest BCUT2D eigenvalue weighted by atomic mass is 16.5. The van der Waals surface area contributed by atoms with E-state index in [4.69, 9.17) is 14.7 Å². The predicted octanol–water partition coefficient (Wildman–Crippen LogP) is 2.16. The van der Waals surface area contributed by atoms with E-state index in [1.165, 1.54) is 13.0 Å². The lowest BCUT2D eigenvalue weighted by atomic mass is 10.2. The molecule has 17 heavy (non-hydrogen) atoms. The number of carbonyl (C=O) groups is 1. The van der Waals surface area contributed by atoms with E-state index in [9.17, 15) is 4.79 Å². The molecule has 0 unspecified atom stereocenters. The summed E-state index contributed by atoms with van der Waals surface area (Å²) in [6.07, 6.45) is 2.11. The average molecular weight is 231 g/mol. The maximum Gasteiger partial charge on any atom is 0.332 e. The van der Waals surface area contributed by atoms with Crippen molar-refractivity contribution in [1.82, 2.24) is 0 Å². The van der Waals surface area contributed by atoms with Crippen LogP contribution in [0.1, 0.15) is 12.5 Å². The Morgan fingerprint density at radius 1 is 1.47 bits per heavy atom. The smallest absolute Gasteiger partial charge is 0.332 e. The van der Waals surface area contributed by atoms with E-state index < -0.39 is 12.1 Å². The Morgan fingerprint density at radius 3 is 2.82 bits per heavy atom. The van der Waals surface area contributed by atoms with Crippen LogP contribution in [0.2, 0.25) is 0 Å². The van der Waals surface area contributed by atoms with Crippen molar-refractivity contribution in [3.63, 3.8) is 0 Å². The Hall–Kier alpha value is -2.28. The van der Waals surface area contributed by atoms with Crippen molar-refractivity contribution in [2.45, 2.75) is 13.0 Å². The average Bonchev–Trinajstić information content (AvgIpc) is 2.36. The summed E-state index contributed by atoms with van der Waals surface area (Å²) in [5.41, 5.74) is 0.775. The molecule has 0 heterocycles. The van der Waals surface area contributed by atoms with Gasteiger partial charge in [-0.05, 0) is 19.1 Å². The van der Waals surface area contributed by atoms with Crippen molar-refractivity contribution in [3.05, 3.63) is 35.9 Å². The number of esters is 1. The van der Waals surface area contributed by atoms with E-state index in [-0.39, 0.29) is 0 Å². The zero-order valence-electron chi connectivity index (χ0n) is 9.71. The lowest BCUT2D eigenvalue weighted by Gasteiger charge is -2.04. The first-order chi connectivity index (χ1) is 8.17. The summed E-state index contributed by atoms with van der Waals surface area (Å²) < 4.78 is 9.89. The van der Waals surface area contributed by atoms with Crippen molar-refractivity contribution in [3.8, 4) is 11.8 Å². The van der Waals surface area contributed by atoms with Crippen molar-refractivity contribution < 1.29 is 14.3 Å². The van der Waals surface area contributed by atoms with Gasteiger partial charge in [-0.25, -0.2) is 4.79 Å². The molecule has 0 N–H and O–H groups in total. The van der Waals surface area contributed by atoms with Gasteiger partial charge in [-0.2, -0.15) is 5.26 Å². The molecule has 4 heteroatoms. The molecule has 0 aliphatic rings. The predicted molar refractivity (Wildman–Crippen MR) is 63.2 cm³/mol. The largest absolute Gasteiger partial charge is 0.496 e. The Morgan fingerprint density at radius 2 is 2.18 bits per heavy atom. The zero-order chi connectivity index (χ0) is 12.7. The van der Waals surface area contributed by atoms with Gasteiger partial charge in [0.25, 0.3) is 0 Å². The first kappa shape index (κ1) is 12.8. The van der Waals surface area contributed by atoms with Crippen molar-refractivity contribution in [2.75, 3.05) is 7.11 Å². The lowest BCUT2D eigenvalue weighted by molar-refractivity contribution is -0.139. The van der Waals surface area contributed by atoms with Gasteiger partial charge in [0.15, 0.2) is 6.10 Å². The van der Waals surface area contributed by atoms with E-state index >= 15 is 0 Å². The molecule has 0 aliphatic carbocycles. The van der Waals surface area contributed by atoms with Crippen molar-refractivity contribution >= 4 is 12.0 Å². The Balaban J connectivity index is 2.71. The number of rotatable bonds is 4. The fourth-order valence-electron chi connectivity index (χ4n) is 1.20. The monoisotopic (exact) mass is 231 g/mol. The van der Waals surface area contributed by atoms with E-state index in [2.05, 4.69) is 0 Å². The normalized spacial score (nSPS) is 11.8. The van der Waals surface area contributed by atoms with Crippen LogP contribution in [-0.4, -0.2) is 19.2 Å². The van der Waals surface area contributed by atoms with Crippen LogP contribution < -0.4 is 4.74 Å². The second kappa shape index (κ2) is 6.33. The van der Waals surface area contributed by atoms with Crippen LogP contribution in [-0.2, 0) is 9.53 Å². The van der Waals surface area contributed by atoms with Gasteiger partial charge < -0.3 is 9.47 Å². The molecule has 0 amide bonds. The van der Waals surface area contributed by atoms with Crippen LogP contribution >= 0.6 is 0 Å². The van der Waals surface area contributed by atoms with Crippen LogP contribution in [0.5, 0.6) is 5.75 Å². The molecule has 0 aromatic heterocycles. The fraction of sp³-hybridized carbons (Fsp3) is 0.231. The van der Waals surface area contributed by atoms with Crippen LogP contribution in [0.3, 0.4) is 0 Å². The van der Waals surface area contributed by atoms with Gasteiger partial charge in [-0.15, -0.1) is 0 Å². The molecule has 0 spiro atoms. The molecule has 0 radical (unpaired) electrons. The number of nitrogens with zero attached hydrogens (tertiary/aromatic N) is 1. The third-order valence-corrected chi connectivity index (χ3v) is 2.01. The quantitative estimate of drug-likeness (QED) is 0.588. The highest BCUT2D eigenvalue weighted by Crippen LogP contribution is 2.18. The van der Waals surface area contributed by atoms with Crippen LogP contribution in [0, 0.1) is 11.3 Å². The van der Waals surface area contributed by atoms with Gasteiger partial charge in [0.2, 0.25) is 0 Å².